The van der Waals surface area contributed by atoms with Crippen molar-refractivity contribution in [2.75, 3.05) is 20.3 Å². The molecule has 0 radical (unpaired) electrons. The zero-order valence-electron chi connectivity index (χ0n) is 13.0. The minimum Gasteiger partial charge on any atom is -0.378 e. The Bertz CT molecular complexity index is 443. The molecular weight excluding hydrogens is 262 g/mol. The SMILES string of the molecule is CNC(CCC1CCCO1)CC1OCCc2ccccc21. The molecule has 3 rings (SSSR count). The first-order chi connectivity index (χ1) is 10.4. The van der Waals surface area contributed by atoms with E-state index in [1.54, 1.807) is 0 Å². The fraction of sp³-hybridized carbons (Fsp3) is 0.667. The molecular formula is C18H27NO2. The first kappa shape index (κ1) is 15.0. The summed E-state index contributed by atoms with van der Waals surface area (Å²) >= 11 is 0. The zero-order chi connectivity index (χ0) is 14.5. The normalized spacial score (nSPS) is 26.5. The molecule has 116 valence electrons. The highest BCUT2D eigenvalue weighted by atomic mass is 16.5. The predicted octanol–water partition coefficient (Wildman–Crippen LogP) is 3.24. The fourth-order valence-electron chi connectivity index (χ4n) is 3.57. The number of rotatable bonds is 6. The van der Waals surface area contributed by atoms with Crippen LogP contribution in [-0.2, 0) is 15.9 Å². The minimum atomic E-state index is 0.247. The molecule has 0 bridgehead atoms. The van der Waals surface area contributed by atoms with Gasteiger partial charge in [-0.3, -0.25) is 0 Å². The third-order valence-electron chi connectivity index (χ3n) is 4.86. The second-order valence-electron chi connectivity index (χ2n) is 6.24. The molecule has 3 atom stereocenters. The fourth-order valence-corrected chi connectivity index (χ4v) is 3.57. The van der Waals surface area contributed by atoms with Crippen LogP contribution >= 0.6 is 0 Å². The summed E-state index contributed by atoms with van der Waals surface area (Å²) < 4.78 is 11.8. The summed E-state index contributed by atoms with van der Waals surface area (Å²) in [6.07, 6.45) is 7.64. The lowest BCUT2D eigenvalue weighted by Gasteiger charge is -2.29. The molecule has 1 aromatic carbocycles. The number of fused-ring (bicyclic) bond motifs is 1. The molecule has 3 unspecified atom stereocenters. The highest BCUT2D eigenvalue weighted by Gasteiger charge is 2.24. The van der Waals surface area contributed by atoms with Crippen LogP contribution in [0, 0.1) is 0 Å². The van der Waals surface area contributed by atoms with E-state index in [1.165, 1.54) is 36.8 Å². The minimum absolute atomic E-state index is 0.247. The van der Waals surface area contributed by atoms with Gasteiger partial charge in [-0.1, -0.05) is 24.3 Å². The lowest BCUT2D eigenvalue weighted by Crippen LogP contribution is -2.30. The van der Waals surface area contributed by atoms with Crippen LogP contribution in [-0.4, -0.2) is 32.4 Å². The Morgan fingerprint density at radius 2 is 2.14 bits per heavy atom. The van der Waals surface area contributed by atoms with Crippen molar-refractivity contribution in [2.45, 2.75) is 56.8 Å². The molecule has 3 nitrogen and oxygen atoms in total. The van der Waals surface area contributed by atoms with Crippen molar-refractivity contribution in [1.82, 2.24) is 5.32 Å². The van der Waals surface area contributed by atoms with Crippen LogP contribution in [0.4, 0.5) is 0 Å². The van der Waals surface area contributed by atoms with Crippen LogP contribution in [0.5, 0.6) is 0 Å². The highest BCUT2D eigenvalue weighted by Crippen LogP contribution is 2.31. The second-order valence-corrected chi connectivity index (χ2v) is 6.24. The molecule has 1 fully saturated rings. The maximum atomic E-state index is 6.04. The van der Waals surface area contributed by atoms with Crippen LogP contribution in [0.15, 0.2) is 24.3 Å². The number of benzene rings is 1. The monoisotopic (exact) mass is 289 g/mol. The van der Waals surface area contributed by atoms with Gasteiger partial charge in [-0.25, -0.2) is 0 Å². The van der Waals surface area contributed by atoms with Gasteiger partial charge in [-0.15, -0.1) is 0 Å². The van der Waals surface area contributed by atoms with Crippen LogP contribution in [0.2, 0.25) is 0 Å². The summed E-state index contributed by atoms with van der Waals surface area (Å²) in [5.41, 5.74) is 2.85. The van der Waals surface area contributed by atoms with Crippen LogP contribution in [0.25, 0.3) is 0 Å². The van der Waals surface area contributed by atoms with E-state index in [4.69, 9.17) is 9.47 Å². The van der Waals surface area contributed by atoms with Gasteiger partial charge in [0, 0.05) is 12.6 Å². The Hall–Kier alpha value is -0.900. The quantitative estimate of drug-likeness (QED) is 0.872. The van der Waals surface area contributed by atoms with Crippen LogP contribution in [0.3, 0.4) is 0 Å². The molecule has 0 saturated carbocycles. The van der Waals surface area contributed by atoms with Gasteiger partial charge in [0.2, 0.25) is 0 Å². The molecule has 2 heterocycles. The van der Waals surface area contributed by atoms with E-state index in [9.17, 15) is 0 Å². The standard InChI is InChI=1S/C18H27NO2/c1-19-15(8-9-16-6-4-11-20-16)13-18-17-7-3-2-5-14(17)10-12-21-18/h2-3,5,7,15-16,18-19H,4,6,8-13H2,1H3. The molecule has 2 aliphatic rings. The Morgan fingerprint density at radius 3 is 2.95 bits per heavy atom. The molecule has 0 amide bonds. The van der Waals surface area contributed by atoms with Gasteiger partial charge in [-0.05, 0) is 56.7 Å². The maximum absolute atomic E-state index is 6.04. The average molecular weight is 289 g/mol. The zero-order valence-corrected chi connectivity index (χ0v) is 13.0. The van der Waals surface area contributed by atoms with Gasteiger partial charge in [-0.2, -0.15) is 0 Å². The van der Waals surface area contributed by atoms with Crippen molar-refractivity contribution in [2.24, 2.45) is 0 Å². The van der Waals surface area contributed by atoms with Gasteiger partial charge in [0.1, 0.15) is 0 Å². The van der Waals surface area contributed by atoms with Gasteiger partial charge >= 0.3 is 0 Å². The molecule has 0 aliphatic carbocycles. The summed E-state index contributed by atoms with van der Waals surface area (Å²) in [7, 11) is 2.06. The number of hydrogen-bond donors (Lipinski definition) is 1. The van der Waals surface area contributed by atoms with Crippen molar-refractivity contribution in [1.29, 1.82) is 0 Å². The maximum Gasteiger partial charge on any atom is 0.0842 e. The summed E-state index contributed by atoms with van der Waals surface area (Å²) in [5, 5.41) is 3.47. The molecule has 1 saturated heterocycles. The van der Waals surface area contributed by atoms with E-state index >= 15 is 0 Å². The molecule has 1 N–H and O–H groups in total. The molecule has 0 aromatic heterocycles. The van der Waals surface area contributed by atoms with Gasteiger partial charge in [0.05, 0.1) is 18.8 Å². The first-order valence-corrected chi connectivity index (χ1v) is 8.35. The topological polar surface area (TPSA) is 30.5 Å². The average Bonchev–Trinajstić information content (AvgIpc) is 3.05. The first-order valence-electron chi connectivity index (χ1n) is 8.35. The van der Waals surface area contributed by atoms with E-state index in [-0.39, 0.29) is 6.10 Å². The summed E-state index contributed by atoms with van der Waals surface area (Å²) in [4.78, 5) is 0. The smallest absolute Gasteiger partial charge is 0.0842 e. The van der Waals surface area contributed by atoms with E-state index < -0.39 is 0 Å². The van der Waals surface area contributed by atoms with Crippen molar-refractivity contribution in [3.8, 4) is 0 Å². The highest BCUT2D eigenvalue weighted by molar-refractivity contribution is 5.31. The Labute approximate surface area is 128 Å². The Morgan fingerprint density at radius 1 is 1.24 bits per heavy atom. The Balaban J connectivity index is 1.56. The van der Waals surface area contributed by atoms with Crippen LogP contribution in [0.1, 0.15) is 49.3 Å². The molecule has 21 heavy (non-hydrogen) atoms. The lowest BCUT2D eigenvalue weighted by atomic mass is 9.92. The van der Waals surface area contributed by atoms with Crippen molar-refractivity contribution < 1.29 is 9.47 Å². The van der Waals surface area contributed by atoms with Gasteiger partial charge < -0.3 is 14.8 Å². The Kier molecular flexibility index (Phi) is 5.28. The van der Waals surface area contributed by atoms with Crippen molar-refractivity contribution >= 4 is 0 Å². The lowest BCUT2D eigenvalue weighted by molar-refractivity contribution is 0.0274. The number of ether oxygens (including phenoxy) is 2. The third-order valence-corrected chi connectivity index (χ3v) is 4.86. The summed E-state index contributed by atoms with van der Waals surface area (Å²) in [6, 6.07) is 9.23. The summed E-state index contributed by atoms with van der Waals surface area (Å²) in [6.45, 7) is 1.80. The third kappa shape index (κ3) is 3.85. The number of nitrogens with one attached hydrogen (secondary N) is 1. The molecule has 2 aliphatic heterocycles. The van der Waals surface area contributed by atoms with E-state index in [0.29, 0.717) is 12.1 Å². The molecule has 3 heteroatoms. The van der Waals surface area contributed by atoms with E-state index in [0.717, 1.165) is 26.1 Å². The van der Waals surface area contributed by atoms with Crippen LogP contribution < -0.4 is 5.32 Å². The van der Waals surface area contributed by atoms with Gasteiger partial charge in [0.15, 0.2) is 0 Å². The molecule has 1 aromatic rings. The largest absolute Gasteiger partial charge is 0.378 e. The van der Waals surface area contributed by atoms with E-state index in [1.807, 2.05) is 0 Å². The number of hydrogen-bond acceptors (Lipinski definition) is 3. The predicted molar refractivity (Wildman–Crippen MR) is 84.5 cm³/mol. The van der Waals surface area contributed by atoms with Crippen molar-refractivity contribution in [3.63, 3.8) is 0 Å². The van der Waals surface area contributed by atoms with E-state index in [2.05, 4.69) is 36.6 Å². The summed E-state index contributed by atoms with van der Waals surface area (Å²) in [5.74, 6) is 0. The van der Waals surface area contributed by atoms with Gasteiger partial charge in [0.25, 0.3) is 0 Å². The second kappa shape index (κ2) is 7.39. The van der Waals surface area contributed by atoms with Crippen molar-refractivity contribution in [3.05, 3.63) is 35.4 Å². The molecule has 0 spiro atoms.